The van der Waals surface area contributed by atoms with Gasteiger partial charge in [0.05, 0.1) is 24.3 Å². The number of methoxy groups -OCH3 is 1. The summed E-state index contributed by atoms with van der Waals surface area (Å²) in [6.07, 6.45) is 1.59. The zero-order chi connectivity index (χ0) is 17.7. The van der Waals surface area contributed by atoms with E-state index in [1.807, 2.05) is 0 Å². The molecule has 0 amide bonds. The number of carboxylic acids is 1. The number of benzene rings is 1. The van der Waals surface area contributed by atoms with E-state index >= 15 is 0 Å². The van der Waals surface area contributed by atoms with E-state index in [0.717, 1.165) is 0 Å². The van der Waals surface area contributed by atoms with E-state index in [9.17, 15) is 14.7 Å². The molecule has 0 fully saturated rings. The summed E-state index contributed by atoms with van der Waals surface area (Å²) in [5, 5.41) is 10.5. The fourth-order valence-electron chi connectivity index (χ4n) is 2.60. The predicted molar refractivity (Wildman–Crippen MR) is 90.9 cm³/mol. The standard InChI is InChI=1S/C17H20ClNO5/c1-3-24-16(20)6-4-5-7-19-14-9-11(23-2)8-13(18)12(14)10-15(19)17(21)22/h8-10H,3-7H2,1-2H3,(H,21,22). The molecule has 24 heavy (non-hydrogen) atoms. The van der Waals surface area contributed by atoms with Crippen molar-refractivity contribution in [2.24, 2.45) is 0 Å². The maximum absolute atomic E-state index is 11.5. The van der Waals surface area contributed by atoms with Gasteiger partial charge in [-0.3, -0.25) is 4.79 Å². The Morgan fingerprint density at radius 1 is 1.25 bits per heavy atom. The molecule has 0 aliphatic rings. The third-order valence-electron chi connectivity index (χ3n) is 3.72. The van der Waals surface area contributed by atoms with Gasteiger partial charge in [-0.25, -0.2) is 4.79 Å². The van der Waals surface area contributed by atoms with Crippen LogP contribution in [-0.4, -0.2) is 35.3 Å². The summed E-state index contributed by atoms with van der Waals surface area (Å²) in [5.41, 5.74) is 0.865. The molecule has 1 aromatic heterocycles. The van der Waals surface area contributed by atoms with Crippen LogP contribution in [0.3, 0.4) is 0 Å². The van der Waals surface area contributed by atoms with Gasteiger partial charge in [-0.1, -0.05) is 11.6 Å². The van der Waals surface area contributed by atoms with Crippen LogP contribution in [-0.2, 0) is 16.1 Å². The van der Waals surface area contributed by atoms with Crippen LogP contribution in [0, 0.1) is 0 Å². The Morgan fingerprint density at radius 2 is 2.00 bits per heavy atom. The molecule has 0 radical (unpaired) electrons. The molecular formula is C17H20ClNO5. The van der Waals surface area contributed by atoms with Gasteiger partial charge in [0, 0.05) is 24.4 Å². The van der Waals surface area contributed by atoms with Gasteiger partial charge in [0.1, 0.15) is 11.4 Å². The summed E-state index contributed by atoms with van der Waals surface area (Å²) in [6, 6.07) is 4.98. The van der Waals surface area contributed by atoms with Gasteiger partial charge in [-0.05, 0) is 31.9 Å². The number of hydrogen-bond acceptors (Lipinski definition) is 4. The highest BCUT2D eigenvalue weighted by Crippen LogP contribution is 2.32. The topological polar surface area (TPSA) is 77.8 Å². The Bertz CT molecular complexity index is 753. The lowest BCUT2D eigenvalue weighted by atomic mass is 10.2. The fourth-order valence-corrected chi connectivity index (χ4v) is 2.86. The highest BCUT2D eigenvalue weighted by atomic mass is 35.5. The van der Waals surface area contributed by atoms with Gasteiger partial charge in [0.25, 0.3) is 0 Å². The molecule has 0 atom stereocenters. The number of unbranched alkanes of at least 4 members (excludes halogenated alkanes) is 1. The molecule has 0 saturated carbocycles. The number of carbonyl (C=O) groups excluding carboxylic acids is 1. The number of aryl methyl sites for hydroxylation is 1. The number of rotatable bonds is 8. The van der Waals surface area contributed by atoms with Crippen molar-refractivity contribution < 1.29 is 24.2 Å². The molecule has 0 aliphatic heterocycles. The first-order chi connectivity index (χ1) is 11.5. The van der Waals surface area contributed by atoms with Crippen molar-refractivity contribution in [1.29, 1.82) is 0 Å². The Hall–Kier alpha value is -2.21. The van der Waals surface area contributed by atoms with Crippen molar-refractivity contribution in [1.82, 2.24) is 4.57 Å². The maximum atomic E-state index is 11.5. The van der Waals surface area contributed by atoms with Crippen molar-refractivity contribution in [2.75, 3.05) is 13.7 Å². The molecule has 0 bridgehead atoms. The quantitative estimate of drug-likeness (QED) is 0.578. The van der Waals surface area contributed by atoms with E-state index in [1.165, 1.54) is 7.11 Å². The largest absolute Gasteiger partial charge is 0.497 e. The number of hydrogen-bond donors (Lipinski definition) is 1. The van der Waals surface area contributed by atoms with E-state index in [-0.39, 0.29) is 11.7 Å². The highest BCUT2D eigenvalue weighted by Gasteiger charge is 2.17. The Kier molecular flexibility index (Phi) is 6.09. The van der Waals surface area contributed by atoms with Gasteiger partial charge in [0.15, 0.2) is 0 Å². The average Bonchev–Trinajstić information content (AvgIpc) is 2.91. The third-order valence-corrected chi connectivity index (χ3v) is 4.03. The molecule has 6 nitrogen and oxygen atoms in total. The van der Waals surface area contributed by atoms with E-state index in [2.05, 4.69) is 0 Å². The molecule has 0 aliphatic carbocycles. The number of ether oxygens (including phenoxy) is 2. The molecule has 2 rings (SSSR count). The van der Waals surface area contributed by atoms with Crippen molar-refractivity contribution in [3.8, 4) is 5.75 Å². The van der Waals surface area contributed by atoms with E-state index in [1.54, 1.807) is 29.7 Å². The number of nitrogens with zero attached hydrogens (tertiary/aromatic N) is 1. The number of fused-ring (bicyclic) bond motifs is 1. The monoisotopic (exact) mass is 353 g/mol. The van der Waals surface area contributed by atoms with E-state index in [4.69, 9.17) is 21.1 Å². The number of esters is 1. The predicted octanol–water partition coefficient (Wildman–Crippen LogP) is 3.73. The normalized spacial score (nSPS) is 10.8. The minimum absolute atomic E-state index is 0.163. The smallest absolute Gasteiger partial charge is 0.352 e. The zero-order valence-electron chi connectivity index (χ0n) is 13.7. The highest BCUT2D eigenvalue weighted by molar-refractivity contribution is 6.35. The van der Waals surface area contributed by atoms with Gasteiger partial charge in [-0.2, -0.15) is 0 Å². The first-order valence-corrected chi connectivity index (χ1v) is 8.11. The first-order valence-electron chi connectivity index (χ1n) is 7.73. The van der Waals surface area contributed by atoms with Gasteiger partial charge in [0.2, 0.25) is 0 Å². The summed E-state index contributed by atoms with van der Waals surface area (Å²) in [6.45, 7) is 2.59. The molecular weight excluding hydrogens is 334 g/mol. The minimum atomic E-state index is -1.02. The molecule has 7 heteroatoms. The number of carboxylic acid groups (broad SMARTS) is 1. The lowest BCUT2D eigenvalue weighted by Gasteiger charge is -2.09. The minimum Gasteiger partial charge on any atom is -0.497 e. The van der Waals surface area contributed by atoms with E-state index in [0.29, 0.717) is 54.1 Å². The lowest BCUT2D eigenvalue weighted by Crippen LogP contribution is -2.09. The Labute approximate surface area is 144 Å². The molecule has 1 heterocycles. The molecule has 1 aromatic carbocycles. The number of carbonyl (C=O) groups is 2. The van der Waals surface area contributed by atoms with Crippen LogP contribution in [0.4, 0.5) is 0 Å². The number of aromatic carboxylic acids is 1. The molecule has 2 aromatic rings. The molecule has 0 spiro atoms. The lowest BCUT2D eigenvalue weighted by molar-refractivity contribution is -0.143. The third kappa shape index (κ3) is 4.00. The van der Waals surface area contributed by atoms with Crippen molar-refractivity contribution in [3.05, 3.63) is 28.9 Å². The van der Waals surface area contributed by atoms with Crippen LogP contribution in [0.1, 0.15) is 36.7 Å². The van der Waals surface area contributed by atoms with Crippen LogP contribution in [0.2, 0.25) is 5.02 Å². The SMILES string of the molecule is CCOC(=O)CCCCn1c(C(=O)O)cc2c(Cl)cc(OC)cc21. The summed E-state index contributed by atoms with van der Waals surface area (Å²) < 4.78 is 11.8. The van der Waals surface area contributed by atoms with Crippen molar-refractivity contribution >= 4 is 34.4 Å². The second-order valence-corrected chi connectivity index (χ2v) is 5.70. The maximum Gasteiger partial charge on any atom is 0.352 e. The van der Waals surface area contributed by atoms with Crippen LogP contribution in [0.5, 0.6) is 5.75 Å². The molecule has 0 saturated heterocycles. The van der Waals surface area contributed by atoms with Crippen LogP contribution >= 0.6 is 11.6 Å². The van der Waals surface area contributed by atoms with Crippen LogP contribution < -0.4 is 4.74 Å². The average molecular weight is 354 g/mol. The van der Waals surface area contributed by atoms with Gasteiger partial charge < -0.3 is 19.1 Å². The summed E-state index contributed by atoms with van der Waals surface area (Å²) in [5.74, 6) is -0.694. The second kappa shape index (κ2) is 8.06. The van der Waals surface area contributed by atoms with Crippen LogP contribution in [0.15, 0.2) is 18.2 Å². The Balaban J connectivity index is 2.23. The number of aromatic nitrogens is 1. The Morgan fingerprint density at radius 3 is 2.62 bits per heavy atom. The van der Waals surface area contributed by atoms with Crippen LogP contribution in [0.25, 0.3) is 10.9 Å². The first kappa shape index (κ1) is 18.1. The fraction of sp³-hybridized carbons (Fsp3) is 0.412. The summed E-state index contributed by atoms with van der Waals surface area (Å²) >= 11 is 6.22. The van der Waals surface area contributed by atoms with Gasteiger partial charge in [-0.15, -0.1) is 0 Å². The van der Waals surface area contributed by atoms with Crippen molar-refractivity contribution in [2.45, 2.75) is 32.7 Å². The van der Waals surface area contributed by atoms with Gasteiger partial charge >= 0.3 is 11.9 Å². The second-order valence-electron chi connectivity index (χ2n) is 5.29. The van der Waals surface area contributed by atoms with Crippen molar-refractivity contribution in [3.63, 3.8) is 0 Å². The summed E-state index contributed by atoms with van der Waals surface area (Å²) in [4.78, 5) is 22.9. The number of halogens is 1. The molecule has 1 N–H and O–H groups in total. The molecule has 0 unspecified atom stereocenters. The zero-order valence-corrected chi connectivity index (χ0v) is 14.4. The summed E-state index contributed by atoms with van der Waals surface area (Å²) in [7, 11) is 1.53. The van der Waals surface area contributed by atoms with E-state index < -0.39 is 5.97 Å². The molecule has 130 valence electrons.